The number of aromatic nitrogens is 6. The summed E-state index contributed by atoms with van der Waals surface area (Å²) < 4.78 is 63.5. The zero-order chi connectivity index (χ0) is 30.5. The normalized spacial score (nSPS) is 11.7. The van der Waals surface area contributed by atoms with Crippen LogP contribution >= 0.6 is 0 Å². The lowest BCUT2D eigenvalue weighted by molar-refractivity contribution is -0.193. The van der Waals surface area contributed by atoms with Crippen LogP contribution in [0, 0.1) is 0 Å². The zero-order valence-corrected chi connectivity index (χ0v) is 21.1. The number of pyridine rings is 2. The zero-order valence-electron chi connectivity index (χ0n) is 21.1. The van der Waals surface area contributed by atoms with Gasteiger partial charge < -0.3 is 20.5 Å². The van der Waals surface area contributed by atoms with Crippen LogP contribution in [0.1, 0.15) is 25.2 Å². The highest BCUT2D eigenvalue weighted by atomic mass is 19.4. The van der Waals surface area contributed by atoms with Gasteiger partial charge in [0.25, 0.3) is 0 Å². The summed E-state index contributed by atoms with van der Waals surface area (Å²) in [5.74, 6) is -3.90. The fourth-order valence-corrected chi connectivity index (χ4v) is 3.63. The number of anilines is 2. The van der Waals surface area contributed by atoms with Gasteiger partial charge in [0, 0.05) is 29.2 Å². The van der Waals surface area contributed by atoms with Crippen molar-refractivity contribution in [2.75, 3.05) is 5.32 Å². The third-order valence-corrected chi connectivity index (χ3v) is 5.44. The first-order valence-electron chi connectivity index (χ1n) is 11.6. The second-order valence-corrected chi connectivity index (χ2v) is 8.09. The van der Waals surface area contributed by atoms with E-state index in [0.29, 0.717) is 0 Å². The first kappa shape index (κ1) is 30.6. The lowest BCUT2D eigenvalue weighted by Crippen LogP contribution is -2.21. The van der Waals surface area contributed by atoms with Crippen LogP contribution in [0.25, 0.3) is 33.9 Å². The van der Waals surface area contributed by atoms with Crippen molar-refractivity contribution in [3.8, 4) is 33.9 Å². The summed E-state index contributed by atoms with van der Waals surface area (Å²) in [6, 6.07) is 5.96. The van der Waals surface area contributed by atoms with Gasteiger partial charge in [-0.2, -0.15) is 31.4 Å². The Morgan fingerprint density at radius 2 is 1.56 bits per heavy atom. The average molecular weight is 585 g/mol. The number of fused-ring (bicyclic) bond motifs is 5. The van der Waals surface area contributed by atoms with E-state index < -0.39 is 24.3 Å². The van der Waals surface area contributed by atoms with E-state index >= 15 is 0 Å². The highest BCUT2D eigenvalue weighted by Gasteiger charge is 2.39. The molecular formula is C24H21F6N7O4. The number of nitrogens with one attached hydrogen (secondary N) is 3. The Balaban J connectivity index is 0.000000276. The smallest absolute Gasteiger partial charge is 0.475 e. The van der Waals surface area contributed by atoms with Crippen LogP contribution in [0.3, 0.4) is 0 Å². The third kappa shape index (κ3) is 6.98. The topological polar surface area (TPSA) is 170 Å². The minimum Gasteiger partial charge on any atom is -0.475 e. The van der Waals surface area contributed by atoms with Gasteiger partial charge in [-0.3, -0.25) is 10.1 Å². The highest BCUT2D eigenvalue weighted by molar-refractivity contribution is 5.95. The number of aliphatic carboxylic acids is 2. The molecule has 1 aliphatic rings. The molecule has 0 aromatic carbocycles. The molecule has 4 aromatic rings. The van der Waals surface area contributed by atoms with Gasteiger partial charge in [-0.15, -0.1) is 0 Å². The molecule has 0 saturated carbocycles. The van der Waals surface area contributed by atoms with Crippen LogP contribution in [-0.2, 0) is 22.4 Å². The molecule has 218 valence electrons. The predicted octanol–water partition coefficient (Wildman–Crippen LogP) is 5.37. The molecule has 0 aliphatic carbocycles. The summed E-state index contributed by atoms with van der Waals surface area (Å²) >= 11 is 0. The van der Waals surface area contributed by atoms with Crippen molar-refractivity contribution in [3.05, 3.63) is 48.2 Å². The lowest BCUT2D eigenvalue weighted by Gasteiger charge is -2.08. The lowest BCUT2D eigenvalue weighted by atomic mass is 10.1. The molecule has 5 N–H and O–H groups in total. The molecule has 5 rings (SSSR count). The second kappa shape index (κ2) is 12.1. The molecule has 0 bridgehead atoms. The molecule has 0 amide bonds. The van der Waals surface area contributed by atoms with E-state index in [9.17, 15) is 26.3 Å². The highest BCUT2D eigenvalue weighted by Crippen LogP contribution is 2.43. The van der Waals surface area contributed by atoms with E-state index in [0.717, 1.165) is 69.6 Å². The number of carboxylic acid groups (broad SMARTS) is 2. The first-order chi connectivity index (χ1) is 19.2. The number of hydrogen-bond donors (Lipinski definition) is 5. The van der Waals surface area contributed by atoms with Gasteiger partial charge in [-0.1, -0.05) is 13.8 Å². The van der Waals surface area contributed by atoms with Crippen molar-refractivity contribution in [2.24, 2.45) is 0 Å². The summed E-state index contributed by atoms with van der Waals surface area (Å²) in [7, 11) is 0. The number of nitrogens with zero attached hydrogens (tertiary/aromatic N) is 4. The SMILES string of the molecule is CCc1n[nH]c(CC)c1-c1nc2c([nH]1)-c1ccncc1Nc1ncccc1-2.O=C(O)C(F)(F)F.O=C(O)C(F)(F)F. The molecule has 17 heteroatoms. The Bertz CT molecular complexity index is 1440. The molecule has 11 nitrogen and oxygen atoms in total. The maximum absolute atomic E-state index is 10.6. The standard InChI is InChI=1S/C20H19N7.2C2HF3O2/c1-3-13-16(14(4-2)27-26-13)20-24-17-11-7-9-21-10-15(11)23-19-12(18(17)25-20)6-5-8-22-19;2*3-2(4,5)1(6)7/h5-10H,3-4H2,1-2H3,(H,22,23)(H,24,25)(H,26,27);2*(H,6,7). The Morgan fingerprint density at radius 3 is 2.12 bits per heavy atom. The number of hydrogen-bond acceptors (Lipinski definition) is 7. The molecule has 0 saturated heterocycles. The van der Waals surface area contributed by atoms with Crippen LogP contribution < -0.4 is 5.32 Å². The van der Waals surface area contributed by atoms with Crippen molar-refractivity contribution in [3.63, 3.8) is 0 Å². The van der Waals surface area contributed by atoms with Gasteiger partial charge in [-0.05, 0) is 31.0 Å². The fourth-order valence-electron chi connectivity index (χ4n) is 3.63. The van der Waals surface area contributed by atoms with Gasteiger partial charge in [0.1, 0.15) is 17.3 Å². The van der Waals surface area contributed by atoms with Gasteiger partial charge in [-0.25, -0.2) is 19.6 Å². The number of aromatic amines is 2. The minimum absolute atomic E-state index is 0.780. The molecule has 0 radical (unpaired) electrons. The summed E-state index contributed by atoms with van der Waals surface area (Å²) in [5.41, 5.74) is 7.93. The van der Waals surface area contributed by atoms with E-state index in [1.54, 1.807) is 12.4 Å². The van der Waals surface area contributed by atoms with Crippen LogP contribution in [0.5, 0.6) is 0 Å². The summed E-state index contributed by atoms with van der Waals surface area (Å²) in [6.07, 6.45) is -3.07. The molecule has 0 unspecified atom stereocenters. The number of aryl methyl sites for hydroxylation is 2. The monoisotopic (exact) mass is 585 g/mol. The minimum atomic E-state index is -5.08. The predicted molar refractivity (Wildman–Crippen MR) is 132 cm³/mol. The van der Waals surface area contributed by atoms with E-state index in [1.807, 2.05) is 24.4 Å². The fraction of sp³-hybridized carbons (Fsp3) is 0.250. The summed E-state index contributed by atoms with van der Waals surface area (Å²) in [5, 5.41) is 25.3. The maximum atomic E-state index is 10.6. The number of carbonyl (C=O) groups is 2. The largest absolute Gasteiger partial charge is 0.490 e. The van der Waals surface area contributed by atoms with Crippen molar-refractivity contribution in [1.82, 2.24) is 30.1 Å². The van der Waals surface area contributed by atoms with E-state index in [4.69, 9.17) is 24.8 Å². The number of halogens is 6. The quantitative estimate of drug-likeness (QED) is 0.175. The van der Waals surface area contributed by atoms with E-state index in [1.165, 1.54) is 0 Å². The second-order valence-electron chi connectivity index (χ2n) is 8.09. The van der Waals surface area contributed by atoms with Crippen molar-refractivity contribution in [2.45, 2.75) is 39.0 Å². The van der Waals surface area contributed by atoms with Gasteiger partial charge in [0.2, 0.25) is 0 Å². The Morgan fingerprint density at radius 1 is 0.927 bits per heavy atom. The molecule has 4 aromatic heterocycles. The number of imidazole rings is 1. The number of H-pyrrole nitrogens is 2. The van der Waals surface area contributed by atoms with Crippen LogP contribution in [-0.4, -0.2) is 64.6 Å². The maximum Gasteiger partial charge on any atom is 0.490 e. The van der Waals surface area contributed by atoms with Gasteiger partial charge in [0.15, 0.2) is 0 Å². The number of rotatable bonds is 3. The van der Waals surface area contributed by atoms with Crippen LogP contribution in [0.4, 0.5) is 37.8 Å². The molecular weight excluding hydrogens is 564 g/mol. The third-order valence-electron chi connectivity index (χ3n) is 5.44. The summed E-state index contributed by atoms with van der Waals surface area (Å²) in [6.45, 7) is 4.23. The van der Waals surface area contributed by atoms with Crippen LogP contribution in [0.15, 0.2) is 36.8 Å². The Labute approximate surface area is 226 Å². The molecule has 1 aliphatic heterocycles. The van der Waals surface area contributed by atoms with E-state index in [2.05, 4.69) is 44.3 Å². The van der Waals surface area contributed by atoms with E-state index in [-0.39, 0.29) is 0 Å². The van der Waals surface area contributed by atoms with Crippen molar-refractivity contribution in [1.29, 1.82) is 0 Å². The van der Waals surface area contributed by atoms with Crippen molar-refractivity contribution < 1.29 is 46.1 Å². The summed E-state index contributed by atoms with van der Waals surface area (Å²) in [4.78, 5) is 35.1. The average Bonchev–Trinajstić information content (AvgIpc) is 3.50. The Kier molecular flexibility index (Phi) is 8.99. The molecule has 41 heavy (non-hydrogen) atoms. The van der Waals surface area contributed by atoms with Gasteiger partial charge >= 0.3 is 24.3 Å². The Hall–Kier alpha value is -4.96. The van der Waals surface area contributed by atoms with Crippen molar-refractivity contribution >= 4 is 23.4 Å². The first-order valence-corrected chi connectivity index (χ1v) is 11.6. The molecule has 0 atom stereocenters. The molecule has 5 heterocycles. The molecule has 0 spiro atoms. The number of alkyl halides is 6. The number of carboxylic acids is 2. The molecule has 0 fully saturated rings. The van der Waals surface area contributed by atoms with Gasteiger partial charge in [0.05, 0.1) is 28.8 Å². The van der Waals surface area contributed by atoms with Crippen LogP contribution in [0.2, 0.25) is 0 Å².